The van der Waals surface area contributed by atoms with E-state index in [9.17, 15) is 5.11 Å². The van der Waals surface area contributed by atoms with Crippen LogP contribution in [-0.4, -0.2) is 11.2 Å². The fourth-order valence-corrected chi connectivity index (χ4v) is 1.23. The smallest absolute Gasteiger partial charge is 0.161 e. The third kappa shape index (κ3) is 1.37. The predicted molar refractivity (Wildman–Crippen MR) is 46.4 cm³/mol. The first-order valence-corrected chi connectivity index (χ1v) is 4.31. The van der Waals surface area contributed by atoms with Gasteiger partial charge in [0.2, 0.25) is 0 Å². The Morgan fingerprint density at radius 1 is 1.25 bits per heavy atom. The molecule has 0 bridgehead atoms. The van der Waals surface area contributed by atoms with Gasteiger partial charge in [-0.2, -0.15) is 0 Å². The normalized spacial score (nSPS) is 17.0. The highest BCUT2D eigenvalue weighted by Gasteiger charge is 2.19. The van der Waals surface area contributed by atoms with Crippen LogP contribution in [0.25, 0.3) is 0 Å². The van der Waals surface area contributed by atoms with Gasteiger partial charge in [-0.3, -0.25) is 0 Å². The maximum absolute atomic E-state index is 9.35. The molecule has 2 rings (SSSR count). The van der Waals surface area contributed by atoms with Crippen LogP contribution < -0.4 is 4.74 Å². The van der Waals surface area contributed by atoms with E-state index in [1.165, 1.54) is 6.42 Å². The minimum atomic E-state index is 0.240. The average molecular weight is 164 g/mol. The molecule has 1 fully saturated rings. The van der Waals surface area contributed by atoms with Crippen LogP contribution in [0.3, 0.4) is 0 Å². The molecule has 1 aromatic rings. The van der Waals surface area contributed by atoms with E-state index in [-0.39, 0.29) is 5.75 Å². The van der Waals surface area contributed by atoms with Crippen LogP contribution in [0.4, 0.5) is 0 Å². The average Bonchev–Trinajstić information content (AvgIpc) is 2.00. The molecule has 1 saturated carbocycles. The number of phenolic OH excluding ortho intramolecular Hbond substituents is 1. The molecule has 0 aromatic heterocycles. The molecule has 0 saturated heterocycles. The summed E-state index contributed by atoms with van der Waals surface area (Å²) in [5, 5.41) is 9.35. The molecule has 1 N–H and O–H groups in total. The summed E-state index contributed by atoms with van der Waals surface area (Å²) in [6.07, 6.45) is 3.82. The van der Waals surface area contributed by atoms with Crippen LogP contribution in [0.2, 0.25) is 0 Å². The lowest BCUT2D eigenvalue weighted by Gasteiger charge is -2.26. The second-order valence-corrected chi connectivity index (χ2v) is 3.14. The summed E-state index contributed by atoms with van der Waals surface area (Å²) in [6, 6.07) is 7.11. The number of hydrogen-bond donors (Lipinski definition) is 1. The van der Waals surface area contributed by atoms with E-state index in [0.717, 1.165) is 12.8 Å². The minimum absolute atomic E-state index is 0.240. The van der Waals surface area contributed by atoms with Gasteiger partial charge in [-0.25, -0.2) is 0 Å². The van der Waals surface area contributed by atoms with E-state index in [1.54, 1.807) is 18.2 Å². The highest BCUT2D eigenvalue weighted by molar-refractivity contribution is 5.38. The molecule has 1 aliphatic rings. The maximum Gasteiger partial charge on any atom is 0.161 e. The molecule has 2 heteroatoms. The first-order valence-electron chi connectivity index (χ1n) is 4.31. The van der Waals surface area contributed by atoms with Gasteiger partial charge in [0, 0.05) is 0 Å². The van der Waals surface area contributed by atoms with Crippen molar-refractivity contribution >= 4 is 0 Å². The Morgan fingerprint density at radius 2 is 2.00 bits per heavy atom. The third-order valence-corrected chi connectivity index (χ3v) is 2.21. The van der Waals surface area contributed by atoms with E-state index in [2.05, 4.69) is 0 Å². The van der Waals surface area contributed by atoms with Gasteiger partial charge in [-0.15, -0.1) is 0 Å². The Hall–Kier alpha value is -1.18. The van der Waals surface area contributed by atoms with Crippen molar-refractivity contribution in [3.8, 4) is 11.5 Å². The monoisotopic (exact) mass is 164 g/mol. The molecule has 0 spiro atoms. The van der Waals surface area contributed by atoms with Gasteiger partial charge in [-0.1, -0.05) is 12.1 Å². The second-order valence-electron chi connectivity index (χ2n) is 3.14. The number of aromatic hydroxyl groups is 1. The van der Waals surface area contributed by atoms with E-state index in [4.69, 9.17) is 4.74 Å². The Morgan fingerprint density at radius 3 is 2.58 bits per heavy atom. The molecule has 0 unspecified atom stereocenters. The van der Waals surface area contributed by atoms with E-state index in [1.807, 2.05) is 6.07 Å². The zero-order valence-corrected chi connectivity index (χ0v) is 6.86. The van der Waals surface area contributed by atoms with Crippen LogP contribution in [0.5, 0.6) is 11.5 Å². The summed E-state index contributed by atoms with van der Waals surface area (Å²) in [5.41, 5.74) is 0. The number of hydrogen-bond acceptors (Lipinski definition) is 2. The second kappa shape index (κ2) is 3.05. The van der Waals surface area contributed by atoms with Gasteiger partial charge in [0.25, 0.3) is 0 Å². The van der Waals surface area contributed by atoms with Crippen molar-refractivity contribution in [3.05, 3.63) is 24.3 Å². The number of para-hydroxylation sites is 2. The van der Waals surface area contributed by atoms with Crippen LogP contribution in [0.15, 0.2) is 24.3 Å². The largest absolute Gasteiger partial charge is 0.504 e. The van der Waals surface area contributed by atoms with Crippen molar-refractivity contribution in [2.75, 3.05) is 0 Å². The van der Waals surface area contributed by atoms with Crippen molar-refractivity contribution in [1.82, 2.24) is 0 Å². The van der Waals surface area contributed by atoms with Crippen molar-refractivity contribution in [3.63, 3.8) is 0 Å². The molecule has 12 heavy (non-hydrogen) atoms. The maximum atomic E-state index is 9.35. The SMILES string of the molecule is Oc1ccccc1OC1CCC1. The molecule has 2 nitrogen and oxygen atoms in total. The van der Waals surface area contributed by atoms with Gasteiger partial charge >= 0.3 is 0 Å². The Labute approximate surface area is 71.8 Å². The van der Waals surface area contributed by atoms with Crippen LogP contribution in [0.1, 0.15) is 19.3 Å². The van der Waals surface area contributed by atoms with Gasteiger partial charge < -0.3 is 9.84 Å². The lowest BCUT2D eigenvalue weighted by atomic mass is 9.96. The van der Waals surface area contributed by atoms with Crippen molar-refractivity contribution in [1.29, 1.82) is 0 Å². The van der Waals surface area contributed by atoms with E-state index in [0.29, 0.717) is 11.9 Å². The molecule has 0 heterocycles. The summed E-state index contributed by atoms with van der Waals surface area (Å²) in [7, 11) is 0. The molecule has 0 atom stereocenters. The first-order chi connectivity index (χ1) is 5.86. The molecule has 0 amide bonds. The molecule has 64 valence electrons. The predicted octanol–water partition coefficient (Wildman–Crippen LogP) is 2.32. The van der Waals surface area contributed by atoms with Crippen LogP contribution in [-0.2, 0) is 0 Å². The van der Waals surface area contributed by atoms with Gasteiger partial charge in [0.15, 0.2) is 11.5 Å². The summed E-state index contributed by atoms with van der Waals surface area (Å²) < 4.78 is 5.53. The standard InChI is InChI=1S/C10H12O2/c11-9-6-1-2-7-10(9)12-8-4-3-5-8/h1-2,6-8,11H,3-5H2. The molecular weight excluding hydrogens is 152 g/mol. The Kier molecular flexibility index (Phi) is 1.90. The summed E-state index contributed by atoms with van der Waals surface area (Å²) in [5.74, 6) is 0.853. The molecule has 1 aliphatic carbocycles. The van der Waals surface area contributed by atoms with Crippen LogP contribution in [0, 0.1) is 0 Å². The minimum Gasteiger partial charge on any atom is -0.504 e. The van der Waals surface area contributed by atoms with E-state index >= 15 is 0 Å². The fraction of sp³-hybridized carbons (Fsp3) is 0.400. The van der Waals surface area contributed by atoms with E-state index < -0.39 is 0 Å². The molecule has 1 aromatic carbocycles. The molecular formula is C10H12O2. The zero-order chi connectivity index (χ0) is 8.39. The highest BCUT2D eigenvalue weighted by Crippen LogP contribution is 2.30. The lowest BCUT2D eigenvalue weighted by Crippen LogP contribution is -2.24. The van der Waals surface area contributed by atoms with Crippen molar-refractivity contribution in [2.45, 2.75) is 25.4 Å². The number of ether oxygens (including phenoxy) is 1. The zero-order valence-electron chi connectivity index (χ0n) is 6.86. The van der Waals surface area contributed by atoms with Gasteiger partial charge in [-0.05, 0) is 31.4 Å². The summed E-state index contributed by atoms with van der Waals surface area (Å²) in [6.45, 7) is 0. The summed E-state index contributed by atoms with van der Waals surface area (Å²) >= 11 is 0. The quantitative estimate of drug-likeness (QED) is 0.726. The highest BCUT2D eigenvalue weighted by atomic mass is 16.5. The fourth-order valence-electron chi connectivity index (χ4n) is 1.23. The van der Waals surface area contributed by atoms with Gasteiger partial charge in [0.1, 0.15) is 0 Å². The number of rotatable bonds is 2. The third-order valence-electron chi connectivity index (χ3n) is 2.21. The molecule has 0 radical (unpaired) electrons. The first kappa shape index (κ1) is 7.47. The van der Waals surface area contributed by atoms with Crippen molar-refractivity contribution in [2.24, 2.45) is 0 Å². The van der Waals surface area contributed by atoms with Gasteiger partial charge in [0.05, 0.1) is 6.10 Å². The summed E-state index contributed by atoms with van der Waals surface area (Å²) in [4.78, 5) is 0. The van der Waals surface area contributed by atoms with Crippen LogP contribution >= 0.6 is 0 Å². The molecule has 0 aliphatic heterocycles. The van der Waals surface area contributed by atoms with Crippen molar-refractivity contribution < 1.29 is 9.84 Å². The Balaban J connectivity index is 2.06. The lowest BCUT2D eigenvalue weighted by molar-refractivity contribution is 0.116. The number of benzene rings is 1. The topological polar surface area (TPSA) is 29.5 Å². The Bertz CT molecular complexity index is 266. The number of phenols is 1.